The number of nitrogens with zero attached hydrogens (tertiary/aromatic N) is 3. The Kier molecular flexibility index (Phi) is 7.95. The number of rotatable bonds is 7. The van der Waals surface area contributed by atoms with Gasteiger partial charge in [-0.1, -0.05) is 12.1 Å². The molecule has 3 heterocycles. The van der Waals surface area contributed by atoms with Crippen molar-refractivity contribution in [3.63, 3.8) is 0 Å². The van der Waals surface area contributed by atoms with Crippen LogP contribution < -0.4 is 10.9 Å². The van der Waals surface area contributed by atoms with Gasteiger partial charge in [-0.3, -0.25) is 9.48 Å². The van der Waals surface area contributed by atoms with Crippen LogP contribution in [0, 0.1) is 11.3 Å². The zero-order valence-electron chi connectivity index (χ0n) is 23.4. The minimum absolute atomic E-state index is 0.0151. The summed E-state index contributed by atoms with van der Waals surface area (Å²) in [5.41, 5.74) is -3.93. The van der Waals surface area contributed by atoms with E-state index in [2.05, 4.69) is 21.5 Å². The first kappa shape index (κ1) is 30.1. The minimum atomic E-state index is -4.64. The molecule has 2 aromatic heterocycles. The number of ether oxygens (including phenoxy) is 3. The summed E-state index contributed by atoms with van der Waals surface area (Å²) in [5, 5.41) is 17.6. The number of benzene rings is 1. The maximum atomic E-state index is 13.6. The third-order valence-corrected chi connectivity index (χ3v) is 7.20. The summed E-state index contributed by atoms with van der Waals surface area (Å²) >= 11 is 0. The number of nitriles is 1. The Hall–Kier alpha value is -3.89. The van der Waals surface area contributed by atoms with Gasteiger partial charge in [-0.15, -0.1) is 0 Å². The minimum Gasteiger partial charge on any atom is -0.458 e. The number of aromatic amines is 1. The van der Waals surface area contributed by atoms with Crippen LogP contribution in [0.5, 0.6) is 0 Å². The fraction of sp³-hybridized carbons (Fsp3) is 0.500. The topological polar surface area (TPSA) is 131 Å². The maximum absolute atomic E-state index is 13.6. The molecule has 0 amide bonds. The standard InChI is InChI=1S/C28H32F3N5O5/c1-25(2,3)41-24(38)20-10-12-27(13-14-32,16-40-20)36-19-11-15-33-23(37)21(19)22(35-36)34-18-8-6-17(7-9-18)26(4,39-5)28(29,30)31/h6-9,11,15,20H,10,12-13,16H2,1-5H3,(H,33,37)(H,34,35)/t20-,26?,27-/m0/s1. The second-order valence-corrected chi connectivity index (χ2v) is 11.2. The molecule has 4 rings (SSSR count). The predicted octanol–water partition coefficient (Wildman–Crippen LogP) is 5.02. The fourth-order valence-electron chi connectivity index (χ4n) is 4.82. The summed E-state index contributed by atoms with van der Waals surface area (Å²) in [6.07, 6.45) is -3.40. The summed E-state index contributed by atoms with van der Waals surface area (Å²) in [6, 6.07) is 9.24. The van der Waals surface area contributed by atoms with E-state index in [1.54, 1.807) is 31.5 Å². The Bertz CT molecular complexity index is 1510. The predicted molar refractivity (Wildman–Crippen MR) is 144 cm³/mol. The van der Waals surface area contributed by atoms with Gasteiger partial charge in [0.1, 0.15) is 11.0 Å². The molecule has 0 saturated carbocycles. The van der Waals surface area contributed by atoms with Gasteiger partial charge in [0, 0.05) is 19.0 Å². The van der Waals surface area contributed by atoms with Crippen molar-refractivity contribution < 1.29 is 32.2 Å². The van der Waals surface area contributed by atoms with Crippen molar-refractivity contribution in [1.82, 2.24) is 14.8 Å². The molecule has 3 atom stereocenters. The first-order valence-corrected chi connectivity index (χ1v) is 13.0. The van der Waals surface area contributed by atoms with Crippen molar-refractivity contribution in [2.45, 2.75) is 76.0 Å². The number of halogens is 3. The number of esters is 1. The molecule has 0 spiro atoms. The monoisotopic (exact) mass is 575 g/mol. The van der Waals surface area contributed by atoms with Gasteiger partial charge in [-0.25, -0.2) is 4.79 Å². The number of anilines is 2. The Morgan fingerprint density at radius 1 is 1.24 bits per heavy atom. The zero-order chi connectivity index (χ0) is 30.2. The lowest BCUT2D eigenvalue weighted by molar-refractivity contribution is -0.269. The average Bonchev–Trinajstić information content (AvgIpc) is 3.27. The van der Waals surface area contributed by atoms with Gasteiger partial charge in [-0.2, -0.15) is 23.5 Å². The number of nitrogens with one attached hydrogen (secondary N) is 2. The van der Waals surface area contributed by atoms with Crippen LogP contribution in [-0.2, 0) is 30.1 Å². The Morgan fingerprint density at radius 2 is 1.93 bits per heavy atom. The van der Waals surface area contributed by atoms with Crippen molar-refractivity contribution >= 4 is 28.4 Å². The normalized spacial score (nSPS) is 21.2. The molecule has 1 aromatic carbocycles. The molecule has 0 aliphatic carbocycles. The van der Waals surface area contributed by atoms with E-state index < -0.39 is 40.5 Å². The SMILES string of the molecule is COC(C)(c1ccc(Nc2nn([C@]3(CC#N)CC[C@@H](C(=O)OC(C)(C)C)OC3)c3cc[nH]c(=O)c23)cc1)C(F)(F)F. The number of pyridine rings is 1. The van der Waals surface area contributed by atoms with Crippen molar-refractivity contribution in [3.8, 4) is 6.07 Å². The molecule has 0 radical (unpaired) electrons. The summed E-state index contributed by atoms with van der Waals surface area (Å²) in [7, 11) is 0.993. The number of aromatic nitrogens is 3. The van der Waals surface area contributed by atoms with Gasteiger partial charge in [0.2, 0.25) is 0 Å². The van der Waals surface area contributed by atoms with Crippen LogP contribution in [0.3, 0.4) is 0 Å². The van der Waals surface area contributed by atoms with Gasteiger partial charge in [-0.05, 0) is 64.3 Å². The van der Waals surface area contributed by atoms with E-state index in [0.717, 1.165) is 14.0 Å². The Labute approximate surface area is 234 Å². The first-order valence-electron chi connectivity index (χ1n) is 13.0. The first-order chi connectivity index (χ1) is 19.1. The fourth-order valence-corrected chi connectivity index (χ4v) is 4.82. The molecular weight excluding hydrogens is 543 g/mol. The van der Waals surface area contributed by atoms with Gasteiger partial charge in [0.25, 0.3) is 5.56 Å². The lowest BCUT2D eigenvalue weighted by Gasteiger charge is -2.39. The van der Waals surface area contributed by atoms with Crippen LogP contribution in [0.2, 0.25) is 0 Å². The molecule has 2 N–H and O–H groups in total. The third kappa shape index (κ3) is 5.80. The molecular formula is C28H32F3N5O5. The van der Waals surface area contributed by atoms with Crippen molar-refractivity contribution in [2.24, 2.45) is 0 Å². The van der Waals surface area contributed by atoms with E-state index in [1.807, 2.05) is 0 Å². The third-order valence-electron chi connectivity index (χ3n) is 7.20. The van der Waals surface area contributed by atoms with Crippen molar-refractivity contribution in [1.29, 1.82) is 5.26 Å². The highest BCUT2D eigenvalue weighted by atomic mass is 19.4. The molecule has 10 nitrogen and oxygen atoms in total. The van der Waals surface area contributed by atoms with E-state index >= 15 is 0 Å². The summed E-state index contributed by atoms with van der Waals surface area (Å²) in [4.78, 5) is 28.1. The number of hydrogen-bond donors (Lipinski definition) is 2. The molecule has 220 valence electrons. The number of fused-ring (bicyclic) bond motifs is 1. The van der Waals surface area contributed by atoms with Gasteiger partial charge >= 0.3 is 12.1 Å². The second-order valence-electron chi connectivity index (χ2n) is 11.2. The highest BCUT2D eigenvalue weighted by Gasteiger charge is 2.53. The number of alkyl halides is 3. The molecule has 1 unspecified atom stereocenters. The highest BCUT2D eigenvalue weighted by molar-refractivity contribution is 5.91. The summed E-state index contributed by atoms with van der Waals surface area (Å²) < 4.78 is 58.6. The lowest BCUT2D eigenvalue weighted by Crippen LogP contribution is -2.47. The molecule has 1 aliphatic heterocycles. The molecule has 13 heteroatoms. The summed E-state index contributed by atoms with van der Waals surface area (Å²) in [6.45, 7) is 6.19. The molecule has 1 fully saturated rings. The highest BCUT2D eigenvalue weighted by Crippen LogP contribution is 2.42. The van der Waals surface area contributed by atoms with E-state index in [-0.39, 0.29) is 36.2 Å². The quantitative estimate of drug-likeness (QED) is 0.376. The number of carbonyl (C=O) groups excluding carboxylic acids is 1. The number of carbonyl (C=O) groups is 1. The van der Waals surface area contributed by atoms with Crippen molar-refractivity contribution in [3.05, 3.63) is 52.4 Å². The van der Waals surface area contributed by atoms with E-state index in [4.69, 9.17) is 14.2 Å². The largest absolute Gasteiger partial charge is 0.458 e. The van der Waals surface area contributed by atoms with Crippen LogP contribution in [0.1, 0.15) is 52.5 Å². The van der Waals surface area contributed by atoms with E-state index in [1.165, 1.54) is 30.5 Å². The lowest BCUT2D eigenvalue weighted by atomic mass is 9.87. The van der Waals surface area contributed by atoms with E-state index in [0.29, 0.717) is 17.6 Å². The molecule has 0 bridgehead atoms. The van der Waals surface area contributed by atoms with Crippen LogP contribution in [0.25, 0.3) is 10.9 Å². The van der Waals surface area contributed by atoms with Crippen molar-refractivity contribution in [2.75, 3.05) is 19.0 Å². The molecule has 1 aliphatic rings. The molecule has 3 aromatic rings. The number of hydrogen-bond acceptors (Lipinski definition) is 8. The van der Waals surface area contributed by atoms with Gasteiger partial charge < -0.3 is 24.5 Å². The average molecular weight is 576 g/mol. The molecule has 1 saturated heterocycles. The van der Waals surface area contributed by atoms with Crippen LogP contribution in [-0.4, -0.2) is 52.3 Å². The van der Waals surface area contributed by atoms with Crippen LogP contribution in [0.4, 0.5) is 24.7 Å². The maximum Gasteiger partial charge on any atom is 0.421 e. The van der Waals surface area contributed by atoms with Crippen LogP contribution >= 0.6 is 0 Å². The van der Waals surface area contributed by atoms with Crippen LogP contribution in [0.15, 0.2) is 41.3 Å². The Morgan fingerprint density at radius 3 is 2.46 bits per heavy atom. The molecule has 41 heavy (non-hydrogen) atoms. The second kappa shape index (κ2) is 10.8. The van der Waals surface area contributed by atoms with Gasteiger partial charge in [0.05, 0.1) is 30.2 Å². The van der Waals surface area contributed by atoms with E-state index in [9.17, 15) is 28.0 Å². The smallest absolute Gasteiger partial charge is 0.421 e. The number of H-pyrrole nitrogens is 1. The zero-order valence-corrected chi connectivity index (χ0v) is 23.4. The Balaban J connectivity index is 1.68. The number of methoxy groups -OCH3 is 1. The van der Waals surface area contributed by atoms with Gasteiger partial charge in [0.15, 0.2) is 17.5 Å². The summed E-state index contributed by atoms with van der Waals surface area (Å²) in [5.74, 6) is -0.350.